The van der Waals surface area contributed by atoms with Crippen LogP contribution in [0.25, 0.3) is 11.1 Å². The van der Waals surface area contributed by atoms with E-state index in [1.54, 1.807) is 6.08 Å². The van der Waals surface area contributed by atoms with Crippen molar-refractivity contribution in [3.05, 3.63) is 72.3 Å². The number of halogens is 2. The van der Waals surface area contributed by atoms with Crippen LogP contribution in [0.2, 0.25) is 0 Å². The number of rotatable bonds is 9. The van der Waals surface area contributed by atoms with E-state index in [1.807, 2.05) is 12.1 Å². The van der Waals surface area contributed by atoms with Crippen LogP contribution in [-0.2, 0) is 0 Å². The van der Waals surface area contributed by atoms with Crippen molar-refractivity contribution in [1.82, 2.24) is 0 Å². The van der Waals surface area contributed by atoms with E-state index in [4.69, 9.17) is 0 Å². The van der Waals surface area contributed by atoms with Gasteiger partial charge in [-0.05, 0) is 79.2 Å². The molecule has 0 radical (unpaired) electrons. The summed E-state index contributed by atoms with van der Waals surface area (Å²) in [6, 6.07) is 15.6. The topological polar surface area (TPSA) is 0 Å². The van der Waals surface area contributed by atoms with Crippen LogP contribution in [0.5, 0.6) is 0 Å². The van der Waals surface area contributed by atoms with Gasteiger partial charge in [-0.25, -0.2) is 8.78 Å². The molecule has 2 aromatic carbocycles. The van der Waals surface area contributed by atoms with Gasteiger partial charge in [0.15, 0.2) is 0 Å². The fourth-order valence-corrected chi connectivity index (χ4v) is 4.49. The minimum Gasteiger partial charge on any atom is -0.216 e. The molecule has 0 atom stereocenters. The van der Waals surface area contributed by atoms with Crippen molar-refractivity contribution < 1.29 is 8.78 Å². The number of benzene rings is 2. The van der Waals surface area contributed by atoms with Crippen LogP contribution in [0, 0.1) is 11.7 Å². The summed E-state index contributed by atoms with van der Waals surface area (Å²) >= 11 is 0. The van der Waals surface area contributed by atoms with Crippen LogP contribution < -0.4 is 0 Å². The monoisotopic (exact) mass is 382 g/mol. The highest BCUT2D eigenvalue weighted by Gasteiger charge is 2.22. The Balaban J connectivity index is 1.39. The molecule has 0 bridgehead atoms. The van der Waals surface area contributed by atoms with Crippen LogP contribution in [0.4, 0.5) is 8.78 Å². The summed E-state index contributed by atoms with van der Waals surface area (Å²) in [4.78, 5) is 0. The highest BCUT2D eigenvalue weighted by atomic mass is 19.1. The van der Waals surface area contributed by atoms with Crippen LogP contribution in [0.1, 0.15) is 75.7 Å². The molecule has 0 spiro atoms. The van der Waals surface area contributed by atoms with E-state index >= 15 is 0 Å². The molecule has 2 aromatic rings. The quantitative estimate of drug-likeness (QED) is 0.381. The van der Waals surface area contributed by atoms with Crippen molar-refractivity contribution in [3.63, 3.8) is 0 Å². The number of unbranched alkanes of at least 4 members (excludes halogenated alkanes) is 4. The number of allylic oxidation sites excluding steroid dienone is 1. The molecule has 0 nitrogen and oxygen atoms in total. The minimum atomic E-state index is -0.189. The van der Waals surface area contributed by atoms with Gasteiger partial charge >= 0.3 is 0 Å². The molecule has 28 heavy (non-hydrogen) atoms. The molecule has 0 saturated heterocycles. The van der Waals surface area contributed by atoms with Crippen molar-refractivity contribution in [2.45, 2.75) is 70.1 Å². The molecule has 0 aromatic heterocycles. The van der Waals surface area contributed by atoms with Gasteiger partial charge in [-0.3, -0.25) is 0 Å². The summed E-state index contributed by atoms with van der Waals surface area (Å²) in [7, 11) is 0. The Hall–Kier alpha value is -1.96. The first-order valence-corrected chi connectivity index (χ1v) is 10.9. The molecule has 0 aliphatic heterocycles. The van der Waals surface area contributed by atoms with Gasteiger partial charge in [0.1, 0.15) is 5.82 Å². The van der Waals surface area contributed by atoms with Crippen LogP contribution in [0.15, 0.2) is 60.9 Å². The molecule has 1 saturated carbocycles. The molecule has 1 aliphatic rings. The van der Waals surface area contributed by atoms with E-state index in [0.717, 1.165) is 29.9 Å². The van der Waals surface area contributed by atoms with Gasteiger partial charge in [0.05, 0.1) is 6.33 Å². The SMILES string of the molecule is F/C=C/CCCCCCC1CCC(c2ccc(-c3ccc(F)cc3)cc2)CC1. The van der Waals surface area contributed by atoms with Crippen molar-refractivity contribution in [3.8, 4) is 11.1 Å². The van der Waals surface area contributed by atoms with Crippen LogP contribution in [-0.4, -0.2) is 0 Å². The first-order chi connectivity index (χ1) is 13.8. The maximum atomic E-state index is 13.1. The molecular weight excluding hydrogens is 350 g/mol. The van der Waals surface area contributed by atoms with Crippen molar-refractivity contribution in [2.75, 3.05) is 0 Å². The third kappa shape index (κ3) is 6.29. The number of hydrogen-bond donors (Lipinski definition) is 0. The highest BCUT2D eigenvalue weighted by molar-refractivity contribution is 5.63. The summed E-state index contributed by atoms with van der Waals surface area (Å²) in [5.41, 5.74) is 3.67. The summed E-state index contributed by atoms with van der Waals surface area (Å²) in [5.74, 6) is 1.39. The van der Waals surface area contributed by atoms with Gasteiger partial charge in [0.2, 0.25) is 0 Å². The van der Waals surface area contributed by atoms with Gasteiger partial charge in [0.25, 0.3) is 0 Å². The second kappa shape index (κ2) is 11.1. The van der Waals surface area contributed by atoms with E-state index in [0.29, 0.717) is 12.2 Å². The number of hydrogen-bond acceptors (Lipinski definition) is 0. The Bertz CT molecular complexity index is 707. The second-order valence-electron chi connectivity index (χ2n) is 8.20. The van der Waals surface area contributed by atoms with E-state index in [9.17, 15) is 8.78 Å². The molecular formula is C26H32F2. The zero-order valence-corrected chi connectivity index (χ0v) is 16.8. The average Bonchev–Trinajstić information content (AvgIpc) is 2.74. The molecule has 0 amide bonds. The van der Waals surface area contributed by atoms with Crippen molar-refractivity contribution in [2.24, 2.45) is 5.92 Å². The predicted molar refractivity (Wildman–Crippen MR) is 114 cm³/mol. The van der Waals surface area contributed by atoms with Crippen molar-refractivity contribution in [1.29, 1.82) is 0 Å². The van der Waals surface area contributed by atoms with E-state index < -0.39 is 0 Å². The van der Waals surface area contributed by atoms with Gasteiger partial charge in [-0.15, -0.1) is 0 Å². The Morgan fingerprint density at radius 2 is 1.36 bits per heavy atom. The largest absolute Gasteiger partial charge is 0.216 e. The third-order valence-corrected chi connectivity index (χ3v) is 6.23. The fourth-order valence-electron chi connectivity index (χ4n) is 4.49. The molecule has 2 heteroatoms. The minimum absolute atomic E-state index is 0.189. The summed E-state index contributed by atoms with van der Waals surface area (Å²) in [6.45, 7) is 0. The van der Waals surface area contributed by atoms with Crippen LogP contribution >= 0.6 is 0 Å². The van der Waals surface area contributed by atoms with Gasteiger partial charge in [0, 0.05) is 0 Å². The molecule has 0 unspecified atom stereocenters. The maximum absolute atomic E-state index is 13.1. The first-order valence-electron chi connectivity index (χ1n) is 10.9. The summed E-state index contributed by atoms with van der Waals surface area (Å²) in [5, 5.41) is 0. The Morgan fingerprint density at radius 1 is 0.750 bits per heavy atom. The van der Waals surface area contributed by atoms with Gasteiger partial charge in [-0.2, -0.15) is 0 Å². The van der Waals surface area contributed by atoms with E-state index in [2.05, 4.69) is 24.3 Å². The molecule has 0 heterocycles. The normalized spacial score (nSPS) is 19.9. The van der Waals surface area contributed by atoms with E-state index in [1.165, 1.54) is 69.1 Å². The molecule has 1 aliphatic carbocycles. The molecule has 3 rings (SSSR count). The lowest BCUT2D eigenvalue weighted by atomic mass is 9.77. The average molecular weight is 383 g/mol. The smallest absolute Gasteiger partial charge is 0.123 e. The standard InChI is InChI=1S/C26H32F2/c27-20-6-4-2-1-3-5-7-21-8-10-22(11-9-21)23-12-14-24(15-13-23)25-16-18-26(28)19-17-25/h6,12-22H,1-5,7-11H2/b20-6+. The molecule has 0 N–H and O–H groups in total. The third-order valence-electron chi connectivity index (χ3n) is 6.23. The highest BCUT2D eigenvalue weighted by Crippen LogP contribution is 2.38. The lowest BCUT2D eigenvalue weighted by Gasteiger charge is -2.29. The van der Waals surface area contributed by atoms with Gasteiger partial charge in [-0.1, -0.05) is 68.2 Å². The lowest BCUT2D eigenvalue weighted by molar-refractivity contribution is 0.302. The Morgan fingerprint density at radius 3 is 2.00 bits per heavy atom. The maximum Gasteiger partial charge on any atom is 0.123 e. The van der Waals surface area contributed by atoms with E-state index in [-0.39, 0.29) is 5.82 Å². The Kier molecular flexibility index (Phi) is 8.26. The van der Waals surface area contributed by atoms with Gasteiger partial charge < -0.3 is 0 Å². The zero-order valence-electron chi connectivity index (χ0n) is 16.8. The van der Waals surface area contributed by atoms with Crippen molar-refractivity contribution >= 4 is 0 Å². The predicted octanol–water partition coefficient (Wildman–Crippen LogP) is 8.59. The summed E-state index contributed by atoms with van der Waals surface area (Å²) in [6.07, 6.45) is 14.7. The van der Waals surface area contributed by atoms with Crippen LogP contribution in [0.3, 0.4) is 0 Å². The summed E-state index contributed by atoms with van der Waals surface area (Å²) < 4.78 is 25.0. The molecule has 150 valence electrons. The molecule has 1 fully saturated rings. The first kappa shape index (κ1) is 20.8. The fraction of sp³-hybridized carbons (Fsp3) is 0.462. The lowest BCUT2D eigenvalue weighted by Crippen LogP contribution is -2.13. The zero-order chi connectivity index (χ0) is 19.6. The second-order valence-corrected chi connectivity index (χ2v) is 8.20. The Labute approximate surface area is 168 Å².